The third-order valence-electron chi connectivity index (χ3n) is 1.49. The summed E-state index contributed by atoms with van der Waals surface area (Å²) in [5.74, 6) is 0.828. The Bertz CT molecular complexity index is 339. The van der Waals surface area contributed by atoms with Crippen LogP contribution in [0.4, 0.5) is 0 Å². The molecule has 0 aromatic carbocycles. The molecule has 0 aliphatic carbocycles. The van der Waals surface area contributed by atoms with Gasteiger partial charge in [-0.05, 0) is 30.4 Å². The lowest BCUT2D eigenvalue weighted by Crippen LogP contribution is -1.81. The maximum Gasteiger partial charge on any atom is 0.0992 e. The van der Waals surface area contributed by atoms with Crippen molar-refractivity contribution in [3.8, 4) is 6.07 Å². The fourth-order valence-corrected chi connectivity index (χ4v) is 1.04. The van der Waals surface area contributed by atoms with E-state index in [0.717, 1.165) is 17.9 Å². The van der Waals surface area contributed by atoms with Crippen molar-refractivity contribution in [3.63, 3.8) is 0 Å². The summed E-state index contributed by atoms with van der Waals surface area (Å²) in [5, 5.41) is 8.62. The largest absolute Gasteiger partial charge is 0.257 e. The fourth-order valence-electron chi connectivity index (χ4n) is 0.888. The van der Waals surface area contributed by atoms with Crippen LogP contribution in [0.1, 0.15) is 17.7 Å². The van der Waals surface area contributed by atoms with Crippen molar-refractivity contribution in [3.05, 3.63) is 35.7 Å². The van der Waals surface area contributed by atoms with Gasteiger partial charge in [0.25, 0.3) is 0 Å². The van der Waals surface area contributed by atoms with Crippen molar-refractivity contribution in [1.29, 1.82) is 5.26 Å². The van der Waals surface area contributed by atoms with Crippen molar-refractivity contribution in [2.24, 2.45) is 0 Å². The molecular formula is C10H10N2S. The Kier molecular flexibility index (Phi) is 4.07. The van der Waals surface area contributed by atoms with Crippen LogP contribution >= 0.6 is 12.6 Å². The van der Waals surface area contributed by atoms with Gasteiger partial charge in [0.15, 0.2) is 0 Å². The van der Waals surface area contributed by atoms with Gasteiger partial charge in [0.1, 0.15) is 0 Å². The average Bonchev–Trinajstić information content (AvgIpc) is 2.19. The highest BCUT2D eigenvalue weighted by molar-refractivity contribution is 7.80. The highest BCUT2D eigenvalue weighted by atomic mass is 32.1. The number of thiol groups is 1. The van der Waals surface area contributed by atoms with Crippen LogP contribution in [-0.2, 0) is 0 Å². The van der Waals surface area contributed by atoms with Crippen molar-refractivity contribution in [2.75, 3.05) is 5.75 Å². The zero-order valence-electron chi connectivity index (χ0n) is 7.14. The molecule has 0 saturated heterocycles. The predicted octanol–water partition coefficient (Wildman–Crippen LogP) is 2.29. The lowest BCUT2D eigenvalue weighted by atomic mass is 10.2. The van der Waals surface area contributed by atoms with E-state index in [0.29, 0.717) is 5.56 Å². The summed E-state index contributed by atoms with van der Waals surface area (Å²) in [5.41, 5.74) is 1.46. The minimum atomic E-state index is 0.639. The maximum atomic E-state index is 8.62. The minimum absolute atomic E-state index is 0.639. The van der Waals surface area contributed by atoms with Crippen LogP contribution in [0.5, 0.6) is 0 Å². The van der Waals surface area contributed by atoms with Crippen LogP contribution in [0.2, 0.25) is 0 Å². The molecule has 0 atom stereocenters. The topological polar surface area (TPSA) is 36.7 Å². The SMILES string of the molecule is N#Cc1ccnc(C=CCCS)c1. The summed E-state index contributed by atoms with van der Waals surface area (Å²) >= 11 is 4.08. The summed E-state index contributed by atoms with van der Waals surface area (Å²) in [4.78, 5) is 4.10. The number of aromatic nitrogens is 1. The van der Waals surface area contributed by atoms with Crippen molar-refractivity contribution in [2.45, 2.75) is 6.42 Å². The molecule has 0 aliphatic rings. The Hall–Kier alpha value is -1.27. The van der Waals surface area contributed by atoms with E-state index >= 15 is 0 Å². The quantitative estimate of drug-likeness (QED) is 0.742. The molecule has 0 N–H and O–H groups in total. The normalized spacial score (nSPS) is 10.2. The summed E-state index contributed by atoms with van der Waals surface area (Å²) in [6.45, 7) is 0. The third-order valence-corrected chi connectivity index (χ3v) is 1.75. The Morgan fingerprint density at radius 1 is 1.62 bits per heavy atom. The van der Waals surface area contributed by atoms with Gasteiger partial charge in [0.05, 0.1) is 17.3 Å². The highest BCUT2D eigenvalue weighted by Gasteiger charge is 1.90. The molecule has 2 nitrogen and oxygen atoms in total. The summed E-state index contributed by atoms with van der Waals surface area (Å²) in [6.07, 6.45) is 6.45. The highest BCUT2D eigenvalue weighted by Crippen LogP contribution is 2.02. The first kappa shape index (κ1) is 9.82. The number of hydrogen-bond donors (Lipinski definition) is 1. The zero-order valence-corrected chi connectivity index (χ0v) is 8.04. The van der Waals surface area contributed by atoms with Gasteiger partial charge in [0.2, 0.25) is 0 Å². The summed E-state index contributed by atoms with van der Waals surface area (Å²) in [6, 6.07) is 5.52. The summed E-state index contributed by atoms with van der Waals surface area (Å²) in [7, 11) is 0. The smallest absolute Gasteiger partial charge is 0.0992 e. The van der Waals surface area contributed by atoms with Gasteiger partial charge in [-0.3, -0.25) is 4.98 Å². The van der Waals surface area contributed by atoms with Gasteiger partial charge >= 0.3 is 0 Å². The molecule has 1 aromatic heterocycles. The standard InChI is InChI=1S/C10H10N2S/c11-8-9-4-5-12-10(7-9)3-1-2-6-13/h1,3-5,7,13H,2,6H2. The van der Waals surface area contributed by atoms with Crippen LogP contribution < -0.4 is 0 Å². The van der Waals surface area contributed by atoms with Crippen molar-refractivity contribution >= 4 is 18.7 Å². The van der Waals surface area contributed by atoms with E-state index in [9.17, 15) is 0 Å². The molecule has 0 saturated carbocycles. The molecule has 1 rings (SSSR count). The lowest BCUT2D eigenvalue weighted by molar-refractivity contribution is 1.24. The molecule has 0 fully saturated rings. The Morgan fingerprint density at radius 3 is 3.15 bits per heavy atom. The van der Waals surface area contributed by atoms with Crippen molar-refractivity contribution < 1.29 is 0 Å². The minimum Gasteiger partial charge on any atom is -0.257 e. The molecule has 0 unspecified atom stereocenters. The predicted molar refractivity (Wildman–Crippen MR) is 56.5 cm³/mol. The second-order valence-electron chi connectivity index (χ2n) is 2.50. The van der Waals surface area contributed by atoms with Crippen LogP contribution in [0.25, 0.3) is 6.08 Å². The molecule has 66 valence electrons. The van der Waals surface area contributed by atoms with Crippen molar-refractivity contribution in [1.82, 2.24) is 4.98 Å². The van der Waals surface area contributed by atoms with E-state index in [2.05, 4.69) is 23.7 Å². The lowest BCUT2D eigenvalue weighted by Gasteiger charge is -1.92. The number of hydrogen-bond acceptors (Lipinski definition) is 3. The first-order valence-electron chi connectivity index (χ1n) is 4.00. The first-order valence-corrected chi connectivity index (χ1v) is 4.63. The van der Waals surface area contributed by atoms with Gasteiger partial charge in [-0.15, -0.1) is 0 Å². The molecule has 0 aliphatic heterocycles. The van der Waals surface area contributed by atoms with Crippen LogP contribution in [-0.4, -0.2) is 10.7 Å². The second-order valence-corrected chi connectivity index (χ2v) is 2.94. The molecule has 1 aromatic rings. The molecule has 13 heavy (non-hydrogen) atoms. The Morgan fingerprint density at radius 2 is 2.46 bits per heavy atom. The van der Waals surface area contributed by atoms with E-state index in [1.807, 2.05) is 12.2 Å². The van der Waals surface area contributed by atoms with Crippen LogP contribution in [0, 0.1) is 11.3 Å². The van der Waals surface area contributed by atoms with E-state index in [-0.39, 0.29) is 0 Å². The van der Waals surface area contributed by atoms with E-state index < -0.39 is 0 Å². The van der Waals surface area contributed by atoms with E-state index in [1.165, 1.54) is 0 Å². The number of nitriles is 1. The molecule has 0 spiro atoms. The molecule has 0 bridgehead atoms. The molecule has 1 heterocycles. The number of pyridine rings is 1. The number of nitrogens with zero attached hydrogens (tertiary/aromatic N) is 2. The maximum absolute atomic E-state index is 8.62. The average molecular weight is 190 g/mol. The van der Waals surface area contributed by atoms with E-state index in [4.69, 9.17) is 5.26 Å². The van der Waals surface area contributed by atoms with Gasteiger partial charge in [-0.1, -0.05) is 6.08 Å². The van der Waals surface area contributed by atoms with Gasteiger partial charge < -0.3 is 0 Å². The van der Waals surface area contributed by atoms with Gasteiger partial charge in [-0.25, -0.2) is 0 Å². The number of allylic oxidation sites excluding steroid dienone is 1. The molecule has 3 heteroatoms. The van der Waals surface area contributed by atoms with Crippen LogP contribution in [0.15, 0.2) is 24.4 Å². The molecule has 0 radical (unpaired) electrons. The zero-order chi connectivity index (χ0) is 9.52. The summed E-state index contributed by atoms with van der Waals surface area (Å²) < 4.78 is 0. The first-order chi connectivity index (χ1) is 6.36. The molecular weight excluding hydrogens is 180 g/mol. The van der Waals surface area contributed by atoms with E-state index in [1.54, 1.807) is 18.3 Å². The van der Waals surface area contributed by atoms with Crippen LogP contribution in [0.3, 0.4) is 0 Å². The Balaban J connectivity index is 2.73. The van der Waals surface area contributed by atoms with Gasteiger partial charge in [0, 0.05) is 6.20 Å². The monoisotopic (exact) mass is 190 g/mol. The molecule has 0 amide bonds. The fraction of sp³-hybridized carbons (Fsp3) is 0.200. The third kappa shape index (κ3) is 3.30. The number of rotatable bonds is 3. The Labute approximate surface area is 83.3 Å². The van der Waals surface area contributed by atoms with Gasteiger partial charge in [-0.2, -0.15) is 17.9 Å². The second kappa shape index (κ2) is 5.39.